The van der Waals surface area contributed by atoms with Gasteiger partial charge in [0.25, 0.3) is 5.91 Å². The topological polar surface area (TPSA) is 101 Å². The van der Waals surface area contributed by atoms with Crippen LogP contribution in [0, 0.1) is 6.92 Å². The van der Waals surface area contributed by atoms with Crippen molar-refractivity contribution in [2.24, 2.45) is 0 Å². The monoisotopic (exact) mass is 257 g/mol. The third-order valence-electron chi connectivity index (χ3n) is 2.34. The molecule has 7 nitrogen and oxygen atoms in total. The Labute approximate surface area is 101 Å². The molecule has 0 radical (unpaired) electrons. The average Bonchev–Trinajstić information content (AvgIpc) is 2.86. The van der Waals surface area contributed by atoms with E-state index < -0.39 is 18.2 Å². The fourth-order valence-corrected chi connectivity index (χ4v) is 2.14. The molecule has 0 aliphatic carbocycles. The maximum absolute atomic E-state index is 11.7. The minimum absolute atomic E-state index is 0.350. The van der Waals surface area contributed by atoms with Crippen LogP contribution in [0.15, 0.2) is 0 Å². The molecular weight excluding hydrogens is 246 g/mol. The number of carbonyl (C=O) groups excluding carboxylic acids is 1. The van der Waals surface area contributed by atoms with Crippen molar-refractivity contribution in [3.8, 4) is 0 Å². The normalized spacial score (nSPS) is 23.6. The standard InChI is InChI=1S/C9H11N3O4S/c1-4-11-12-9(17-4)10-7(13)5-2-3-6(16-5)8(14)15/h5-6H,2-3H2,1H3,(H,14,15)(H,10,12,13)/t5-,6+/m0/s1. The van der Waals surface area contributed by atoms with E-state index in [-0.39, 0.29) is 5.91 Å². The summed E-state index contributed by atoms with van der Waals surface area (Å²) in [7, 11) is 0. The van der Waals surface area contributed by atoms with Gasteiger partial charge in [0.15, 0.2) is 6.10 Å². The van der Waals surface area contributed by atoms with Gasteiger partial charge in [-0.3, -0.25) is 10.1 Å². The van der Waals surface area contributed by atoms with E-state index in [0.717, 1.165) is 5.01 Å². The number of carboxylic acids is 1. The predicted molar refractivity (Wildman–Crippen MR) is 58.8 cm³/mol. The zero-order valence-electron chi connectivity index (χ0n) is 9.04. The first-order chi connectivity index (χ1) is 8.06. The third kappa shape index (κ3) is 2.77. The molecule has 1 aliphatic rings. The number of carboxylic acid groups (broad SMARTS) is 1. The summed E-state index contributed by atoms with van der Waals surface area (Å²) in [6, 6.07) is 0. The fourth-order valence-electron chi connectivity index (χ4n) is 1.54. The number of rotatable bonds is 3. The van der Waals surface area contributed by atoms with E-state index in [2.05, 4.69) is 15.5 Å². The molecule has 0 bridgehead atoms. The molecule has 1 aliphatic heterocycles. The molecule has 2 N–H and O–H groups in total. The quantitative estimate of drug-likeness (QED) is 0.813. The van der Waals surface area contributed by atoms with Crippen LogP contribution in [0.5, 0.6) is 0 Å². The predicted octanol–water partition coefficient (Wildman–Crippen LogP) is 0.417. The minimum atomic E-state index is -1.04. The molecule has 1 saturated heterocycles. The largest absolute Gasteiger partial charge is 0.479 e. The second kappa shape index (κ2) is 4.76. The van der Waals surface area contributed by atoms with Crippen molar-refractivity contribution >= 4 is 28.3 Å². The lowest BCUT2D eigenvalue weighted by Gasteiger charge is -2.09. The highest BCUT2D eigenvalue weighted by Gasteiger charge is 2.34. The third-order valence-corrected chi connectivity index (χ3v) is 3.10. The van der Waals surface area contributed by atoms with E-state index in [9.17, 15) is 9.59 Å². The number of hydrogen-bond acceptors (Lipinski definition) is 6. The van der Waals surface area contributed by atoms with Crippen molar-refractivity contribution < 1.29 is 19.4 Å². The summed E-state index contributed by atoms with van der Waals surface area (Å²) < 4.78 is 5.11. The lowest BCUT2D eigenvalue weighted by atomic mass is 10.2. The van der Waals surface area contributed by atoms with E-state index in [1.54, 1.807) is 6.92 Å². The van der Waals surface area contributed by atoms with Gasteiger partial charge in [0.05, 0.1) is 0 Å². The zero-order chi connectivity index (χ0) is 12.4. The van der Waals surface area contributed by atoms with Crippen LogP contribution in [0.1, 0.15) is 17.8 Å². The molecule has 2 heterocycles. The van der Waals surface area contributed by atoms with Crippen molar-refractivity contribution in [1.29, 1.82) is 0 Å². The summed E-state index contributed by atoms with van der Waals surface area (Å²) in [5.74, 6) is -1.41. The summed E-state index contributed by atoms with van der Waals surface area (Å²) in [6.07, 6.45) is -0.856. The second-order valence-corrected chi connectivity index (χ2v) is 4.83. The van der Waals surface area contributed by atoms with Crippen LogP contribution in [-0.2, 0) is 14.3 Å². The zero-order valence-corrected chi connectivity index (χ0v) is 9.86. The smallest absolute Gasteiger partial charge is 0.332 e. The number of aromatic nitrogens is 2. The van der Waals surface area contributed by atoms with Crippen LogP contribution in [-0.4, -0.2) is 39.4 Å². The van der Waals surface area contributed by atoms with Crippen LogP contribution in [0.2, 0.25) is 0 Å². The molecule has 2 atom stereocenters. The van der Waals surface area contributed by atoms with Gasteiger partial charge in [-0.2, -0.15) is 0 Å². The molecule has 0 aromatic carbocycles. The maximum atomic E-state index is 11.7. The van der Waals surface area contributed by atoms with E-state index in [0.29, 0.717) is 18.0 Å². The molecule has 0 unspecified atom stereocenters. The van der Waals surface area contributed by atoms with Crippen LogP contribution in [0.25, 0.3) is 0 Å². The van der Waals surface area contributed by atoms with Gasteiger partial charge in [-0.15, -0.1) is 10.2 Å². The lowest BCUT2D eigenvalue weighted by Crippen LogP contribution is -2.29. The van der Waals surface area contributed by atoms with Gasteiger partial charge in [-0.1, -0.05) is 11.3 Å². The molecule has 1 fully saturated rings. The van der Waals surface area contributed by atoms with Gasteiger partial charge >= 0.3 is 5.97 Å². The van der Waals surface area contributed by atoms with E-state index in [1.807, 2.05) is 0 Å². The van der Waals surface area contributed by atoms with Gasteiger partial charge in [0.1, 0.15) is 11.1 Å². The highest BCUT2D eigenvalue weighted by Crippen LogP contribution is 2.22. The first-order valence-corrected chi connectivity index (χ1v) is 5.87. The minimum Gasteiger partial charge on any atom is -0.479 e. The van der Waals surface area contributed by atoms with Crippen molar-refractivity contribution in [3.63, 3.8) is 0 Å². The summed E-state index contributed by atoms with van der Waals surface area (Å²) in [6.45, 7) is 1.78. The summed E-state index contributed by atoms with van der Waals surface area (Å²) in [5.41, 5.74) is 0. The highest BCUT2D eigenvalue weighted by atomic mass is 32.1. The lowest BCUT2D eigenvalue weighted by molar-refractivity contribution is -0.150. The molecular formula is C9H11N3O4S. The number of nitrogens with one attached hydrogen (secondary N) is 1. The van der Waals surface area contributed by atoms with Crippen LogP contribution in [0.3, 0.4) is 0 Å². The van der Waals surface area contributed by atoms with E-state index >= 15 is 0 Å². The number of carbonyl (C=O) groups is 2. The van der Waals surface area contributed by atoms with Crippen LogP contribution >= 0.6 is 11.3 Å². The Morgan fingerprint density at radius 1 is 1.41 bits per heavy atom. The molecule has 1 aromatic rings. The Bertz CT molecular complexity index is 447. The number of anilines is 1. The highest BCUT2D eigenvalue weighted by molar-refractivity contribution is 7.15. The van der Waals surface area contributed by atoms with Crippen molar-refractivity contribution in [2.45, 2.75) is 32.0 Å². The van der Waals surface area contributed by atoms with E-state index in [1.165, 1.54) is 11.3 Å². The number of hydrogen-bond donors (Lipinski definition) is 2. The van der Waals surface area contributed by atoms with Crippen molar-refractivity contribution in [2.75, 3.05) is 5.32 Å². The average molecular weight is 257 g/mol. The Balaban J connectivity index is 1.91. The Hall–Kier alpha value is -1.54. The summed E-state index contributed by atoms with van der Waals surface area (Å²) >= 11 is 1.26. The van der Waals surface area contributed by atoms with Gasteiger partial charge < -0.3 is 9.84 Å². The summed E-state index contributed by atoms with van der Waals surface area (Å²) in [5, 5.41) is 19.9. The maximum Gasteiger partial charge on any atom is 0.332 e. The van der Waals surface area contributed by atoms with Gasteiger partial charge in [-0.25, -0.2) is 4.79 Å². The van der Waals surface area contributed by atoms with Crippen LogP contribution < -0.4 is 5.32 Å². The van der Waals surface area contributed by atoms with E-state index in [4.69, 9.17) is 9.84 Å². The molecule has 0 saturated carbocycles. The molecule has 17 heavy (non-hydrogen) atoms. The van der Waals surface area contributed by atoms with Crippen molar-refractivity contribution in [3.05, 3.63) is 5.01 Å². The summed E-state index contributed by atoms with van der Waals surface area (Å²) in [4.78, 5) is 22.4. The molecule has 1 aromatic heterocycles. The van der Waals surface area contributed by atoms with Gasteiger partial charge in [0, 0.05) is 0 Å². The molecule has 8 heteroatoms. The number of nitrogens with zero attached hydrogens (tertiary/aromatic N) is 2. The van der Waals surface area contributed by atoms with Gasteiger partial charge in [-0.05, 0) is 19.8 Å². The second-order valence-electron chi connectivity index (χ2n) is 3.64. The molecule has 92 valence electrons. The Morgan fingerprint density at radius 2 is 2.12 bits per heavy atom. The van der Waals surface area contributed by atoms with Crippen molar-refractivity contribution in [1.82, 2.24) is 10.2 Å². The molecule has 2 rings (SSSR count). The number of ether oxygens (including phenoxy) is 1. The Morgan fingerprint density at radius 3 is 2.65 bits per heavy atom. The number of aliphatic carboxylic acids is 1. The molecule has 0 spiro atoms. The van der Waals surface area contributed by atoms with Gasteiger partial charge in [0.2, 0.25) is 5.13 Å². The first kappa shape index (κ1) is 11.9. The number of aryl methyl sites for hydroxylation is 1. The Kier molecular flexibility index (Phi) is 3.34. The first-order valence-electron chi connectivity index (χ1n) is 5.05. The number of amides is 1. The van der Waals surface area contributed by atoms with Crippen LogP contribution in [0.4, 0.5) is 5.13 Å². The SMILES string of the molecule is Cc1nnc(NC(=O)[C@@H]2CC[C@H](C(=O)O)O2)s1. The fraction of sp³-hybridized carbons (Fsp3) is 0.556. The molecule has 1 amide bonds.